The summed E-state index contributed by atoms with van der Waals surface area (Å²) in [5, 5.41) is 28.2. The molecule has 44 heavy (non-hydrogen) atoms. The first-order chi connectivity index (χ1) is 20.6. The topological polar surface area (TPSA) is 134 Å². The number of anilines is 2. The Morgan fingerprint density at radius 1 is 0.864 bits per heavy atom. The van der Waals surface area contributed by atoms with Crippen LogP contribution in [-0.4, -0.2) is 71.5 Å². The average Bonchev–Trinajstić information content (AvgIpc) is 3.41. The monoisotopic (exact) mass is 644 g/mol. The van der Waals surface area contributed by atoms with E-state index in [9.17, 15) is 31.1 Å². The number of halogens is 6. The largest absolute Gasteiger partial charge is 0.490 e. The third kappa shape index (κ3) is 12.3. The zero-order valence-electron chi connectivity index (χ0n) is 22.7. The summed E-state index contributed by atoms with van der Waals surface area (Å²) in [6.45, 7) is 4.86. The van der Waals surface area contributed by atoms with Gasteiger partial charge in [0.15, 0.2) is 0 Å². The van der Waals surface area contributed by atoms with Crippen molar-refractivity contribution in [2.24, 2.45) is 0 Å². The first kappa shape index (κ1) is 35.6. The van der Waals surface area contributed by atoms with Crippen molar-refractivity contribution < 1.29 is 50.9 Å². The summed E-state index contributed by atoms with van der Waals surface area (Å²) < 4.78 is 63.5. The molecule has 3 aromatic rings. The van der Waals surface area contributed by atoms with Crippen LogP contribution in [0, 0.1) is 11.3 Å². The smallest absolute Gasteiger partial charge is 0.475 e. The Labute approximate surface area is 251 Å². The van der Waals surface area contributed by atoms with E-state index in [-0.39, 0.29) is 5.91 Å². The molecular weight excluding hydrogens is 618 g/mol. The SMILES string of the molecule is N#Cc1cccc(CN2CCCN(c3ccc(NC(=O)c4cccs4)cc3)CC2)c1.O=C(O)C(F)(F)F.O=C(O)C(F)(F)F. The Bertz CT molecular complexity index is 1400. The van der Waals surface area contributed by atoms with Crippen LogP contribution in [0.1, 0.15) is 27.2 Å². The van der Waals surface area contributed by atoms with Crippen molar-refractivity contribution >= 4 is 40.6 Å². The molecule has 0 radical (unpaired) electrons. The van der Waals surface area contributed by atoms with E-state index in [1.165, 1.54) is 22.6 Å². The lowest BCUT2D eigenvalue weighted by Crippen LogP contribution is -2.30. The number of carboxylic acid groups (broad SMARTS) is 2. The zero-order valence-corrected chi connectivity index (χ0v) is 23.5. The number of nitrogens with one attached hydrogen (secondary N) is 1. The van der Waals surface area contributed by atoms with Gasteiger partial charge in [-0.25, -0.2) is 9.59 Å². The third-order valence-electron chi connectivity index (χ3n) is 5.77. The Hall–Kier alpha value is -4.62. The fourth-order valence-electron chi connectivity index (χ4n) is 3.74. The second kappa shape index (κ2) is 16.3. The molecule has 4 rings (SSSR count). The predicted molar refractivity (Wildman–Crippen MR) is 149 cm³/mol. The number of benzene rings is 2. The molecule has 1 amide bonds. The van der Waals surface area contributed by atoms with Crippen LogP contribution in [0.2, 0.25) is 0 Å². The number of nitriles is 1. The zero-order chi connectivity index (χ0) is 32.9. The van der Waals surface area contributed by atoms with Crippen molar-refractivity contribution in [1.82, 2.24) is 4.90 Å². The predicted octanol–water partition coefficient (Wildman–Crippen LogP) is 5.85. The van der Waals surface area contributed by atoms with Crippen LogP contribution in [0.15, 0.2) is 66.0 Å². The van der Waals surface area contributed by atoms with Crippen LogP contribution in [0.5, 0.6) is 0 Å². The quantitative estimate of drug-likeness (QED) is 0.295. The Morgan fingerprint density at radius 2 is 1.48 bits per heavy atom. The summed E-state index contributed by atoms with van der Waals surface area (Å²) >= 11 is 1.44. The molecule has 0 saturated carbocycles. The molecule has 0 atom stereocenters. The van der Waals surface area contributed by atoms with Crippen molar-refractivity contribution in [3.8, 4) is 6.07 Å². The Balaban J connectivity index is 0.000000402. The molecule has 1 fully saturated rings. The van der Waals surface area contributed by atoms with E-state index in [0.717, 1.165) is 50.4 Å². The van der Waals surface area contributed by atoms with Gasteiger partial charge in [-0.1, -0.05) is 18.2 Å². The molecule has 3 N–H and O–H groups in total. The molecule has 0 unspecified atom stereocenters. The van der Waals surface area contributed by atoms with E-state index >= 15 is 0 Å². The van der Waals surface area contributed by atoms with Gasteiger partial charge in [-0.3, -0.25) is 9.69 Å². The number of thiophene rings is 1. The fourth-order valence-corrected chi connectivity index (χ4v) is 4.36. The standard InChI is InChI=1S/C24H24N4OS.2C2HF3O2/c25-17-19-4-1-5-20(16-19)18-27-11-3-12-28(14-13-27)22-9-7-21(8-10-22)26-24(29)23-6-2-15-30-23;2*3-2(4,5)1(6)7/h1-2,4-10,15-16H,3,11-14,18H2,(H,26,29);2*(H,6,7). The minimum Gasteiger partial charge on any atom is -0.475 e. The van der Waals surface area contributed by atoms with Crippen molar-refractivity contribution in [2.45, 2.75) is 25.3 Å². The molecule has 2 heterocycles. The summed E-state index contributed by atoms with van der Waals surface area (Å²) in [6.07, 6.45) is -9.07. The average molecular weight is 645 g/mol. The molecule has 0 bridgehead atoms. The van der Waals surface area contributed by atoms with E-state index in [1.54, 1.807) is 0 Å². The molecule has 0 aliphatic carbocycles. The lowest BCUT2D eigenvalue weighted by atomic mass is 10.1. The summed E-state index contributed by atoms with van der Waals surface area (Å²) in [5.41, 5.74) is 3.90. The van der Waals surface area contributed by atoms with Crippen molar-refractivity contribution in [3.63, 3.8) is 0 Å². The lowest BCUT2D eigenvalue weighted by Gasteiger charge is -2.24. The van der Waals surface area contributed by atoms with E-state index < -0.39 is 24.3 Å². The summed E-state index contributed by atoms with van der Waals surface area (Å²) in [4.78, 5) is 35.6. The van der Waals surface area contributed by atoms with E-state index in [4.69, 9.17) is 25.1 Å². The second-order valence-electron chi connectivity index (χ2n) is 9.01. The first-order valence-corrected chi connectivity index (χ1v) is 13.5. The van der Waals surface area contributed by atoms with Crippen LogP contribution < -0.4 is 10.2 Å². The van der Waals surface area contributed by atoms with Crippen molar-refractivity contribution in [2.75, 3.05) is 36.4 Å². The van der Waals surface area contributed by atoms with E-state index in [0.29, 0.717) is 4.88 Å². The molecule has 236 valence electrons. The number of nitrogens with zero attached hydrogens (tertiary/aromatic N) is 3. The second-order valence-corrected chi connectivity index (χ2v) is 9.96. The number of hydrogen-bond acceptors (Lipinski definition) is 7. The van der Waals surface area contributed by atoms with E-state index in [2.05, 4.69) is 39.4 Å². The van der Waals surface area contributed by atoms with Gasteiger partial charge in [0.25, 0.3) is 5.91 Å². The highest BCUT2D eigenvalue weighted by atomic mass is 32.1. The van der Waals surface area contributed by atoms with Gasteiger partial charge in [0, 0.05) is 44.1 Å². The highest BCUT2D eigenvalue weighted by Crippen LogP contribution is 2.21. The summed E-state index contributed by atoms with van der Waals surface area (Å²) in [5.74, 6) is -5.58. The summed E-state index contributed by atoms with van der Waals surface area (Å²) in [6, 6.07) is 21.9. The van der Waals surface area contributed by atoms with Gasteiger partial charge in [0.05, 0.1) is 16.5 Å². The highest BCUT2D eigenvalue weighted by Gasteiger charge is 2.38. The van der Waals surface area contributed by atoms with Gasteiger partial charge < -0.3 is 20.4 Å². The van der Waals surface area contributed by atoms with Gasteiger partial charge in [-0.15, -0.1) is 11.3 Å². The van der Waals surface area contributed by atoms with Crippen LogP contribution >= 0.6 is 11.3 Å². The van der Waals surface area contributed by atoms with Crippen LogP contribution in [0.4, 0.5) is 37.7 Å². The van der Waals surface area contributed by atoms with Gasteiger partial charge in [0.1, 0.15) is 0 Å². The van der Waals surface area contributed by atoms with E-state index in [1.807, 2.05) is 47.8 Å². The molecule has 1 aliphatic rings. The molecule has 1 aliphatic heterocycles. The van der Waals surface area contributed by atoms with Gasteiger partial charge in [-0.05, 0) is 59.8 Å². The third-order valence-corrected chi connectivity index (χ3v) is 6.64. The fraction of sp³-hybridized carbons (Fsp3) is 0.286. The molecule has 1 saturated heterocycles. The minimum atomic E-state index is -5.08. The Morgan fingerprint density at radius 3 is 2.00 bits per heavy atom. The normalized spacial score (nSPS) is 13.6. The van der Waals surface area contributed by atoms with Crippen LogP contribution in [0.3, 0.4) is 0 Å². The molecule has 16 heteroatoms. The minimum absolute atomic E-state index is 0.0661. The number of hydrogen-bond donors (Lipinski definition) is 3. The number of carboxylic acids is 2. The maximum atomic E-state index is 12.2. The van der Waals surface area contributed by atoms with Crippen LogP contribution in [-0.2, 0) is 16.1 Å². The molecule has 9 nitrogen and oxygen atoms in total. The molecular formula is C28H26F6N4O5S. The number of aliphatic carboxylic acids is 2. The number of carbonyl (C=O) groups is 3. The summed E-state index contributed by atoms with van der Waals surface area (Å²) in [7, 11) is 0. The lowest BCUT2D eigenvalue weighted by molar-refractivity contribution is -0.193. The number of alkyl halides is 6. The number of carbonyl (C=O) groups excluding carboxylic acids is 1. The van der Waals surface area contributed by atoms with Crippen molar-refractivity contribution in [1.29, 1.82) is 5.26 Å². The highest BCUT2D eigenvalue weighted by molar-refractivity contribution is 7.12. The first-order valence-electron chi connectivity index (χ1n) is 12.6. The van der Waals surface area contributed by atoms with Crippen molar-refractivity contribution in [3.05, 3.63) is 82.0 Å². The van der Waals surface area contributed by atoms with Gasteiger partial charge in [-0.2, -0.15) is 31.6 Å². The maximum absolute atomic E-state index is 12.2. The maximum Gasteiger partial charge on any atom is 0.490 e. The molecule has 1 aromatic heterocycles. The molecule has 2 aromatic carbocycles. The number of amides is 1. The number of rotatable bonds is 5. The Kier molecular flexibility index (Phi) is 13.2. The van der Waals surface area contributed by atoms with Crippen LogP contribution in [0.25, 0.3) is 0 Å². The molecule has 0 spiro atoms. The van der Waals surface area contributed by atoms with Gasteiger partial charge in [0.2, 0.25) is 0 Å². The van der Waals surface area contributed by atoms with Gasteiger partial charge >= 0.3 is 24.3 Å².